The zero-order valence-corrected chi connectivity index (χ0v) is 7.56. The molecule has 0 heterocycles. The summed E-state index contributed by atoms with van der Waals surface area (Å²) >= 11 is 0. The lowest BCUT2D eigenvalue weighted by molar-refractivity contribution is 0.0979. The average molecular weight is 193 g/mol. The van der Waals surface area contributed by atoms with Crippen molar-refractivity contribution in [3.05, 3.63) is 29.3 Å². The van der Waals surface area contributed by atoms with Crippen LogP contribution in [0.3, 0.4) is 0 Å². The molecule has 0 bridgehead atoms. The molecule has 4 nitrogen and oxygen atoms in total. The van der Waals surface area contributed by atoms with Crippen molar-refractivity contribution in [2.75, 3.05) is 6.54 Å². The molecule has 0 spiro atoms. The Labute approximate surface area is 81.3 Å². The first-order valence-electron chi connectivity index (χ1n) is 4.20. The first-order chi connectivity index (χ1) is 6.69. The topological polar surface area (TPSA) is 80.4 Å². The Bertz CT molecular complexity index is 360. The molecule has 0 aromatic heterocycles. The fourth-order valence-electron chi connectivity index (χ4n) is 1.17. The summed E-state index contributed by atoms with van der Waals surface area (Å²) in [5, 5.41) is 9.09. The van der Waals surface area contributed by atoms with Crippen molar-refractivity contribution in [2.24, 2.45) is 5.73 Å². The molecular formula is C10H11NO3. The van der Waals surface area contributed by atoms with Crippen LogP contribution >= 0.6 is 0 Å². The molecule has 0 aliphatic carbocycles. The summed E-state index contributed by atoms with van der Waals surface area (Å²) in [6.07, 6.45) is 0.745. The van der Waals surface area contributed by atoms with Crippen molar-refractivity contribution in [3.63, 3.8) is 0 Å². The Morgan fingerprint density at radius 3 is 2.79 bits per heavy atom. The molecule has 0 fully saturated rings. The van der Waals surface area contributed by atoms with E-state index >= 15 is 0 Å². The highest BCUT2D eigenvalue weighted by Gasteiger charge is 2.10. The molecule has 74 valence electrons. The molecule has 0 atom stereocenters. The maximum Gasteiger partial charge on any atom is 0.164 e. The van der Waals surface area contributed by atoms with Crippen LogP contribution in [-0.2, 0) is 0 Å². The molecule has 0 saturated carbocycles. The third-order valence-corrected chi connectivity index (χ3v) is 1.83. The van der Waals surface area contributed by atoms with E-state index in [1.165, 1.54) is 18.2 Å². The van der Waals surface area contributed by atoms with Crippen molar-refractivity contribution in [1.82, 2.24) is 0 Å². The predicted octanol–water partition coefficient (Wildman–Crippen LogP) is 0.736. The fourth-order valence-corrected chi connectivity index (χ4v) is 1.17. The summed E-state index contributed by atoms with van der Waals surface area (Å²) in [4.78, 5) is 22.0. The lowest BCUT2D eigenvalue weighted by atomic mass is 10.0. The molecular weight excluding hydrogens is 182 g/mol. The van der Waals surface area contributed by atoms with Gasteiger partial charge in [0.2, 0.25) is 0 Å². The summed E-state index contributed by atoms with van der Waals surface area (Å²) in [5.74, 6) is -0.217. The summed E-state index contributed by atoms with van der Waals surface area (Å²) in [6, 6.07) is 4.06. The van der Waals surface area contributed by atoms with Crippen LogP contribution in [0, 0.1) is 0 Å². The second-order valence-corrected chi connectivity index (χ2v) is 2.85. The van der Waals surface area contributed by atoms with Gasteiger partial charge < -0.3 is 10.8 Å². The van der Waals surface area contributed by atoms with Crippen molar-refractivity contribution in [1.29, 1.82) is 0 Å². The van der Waals surface area contributed by atoms with E-state index in [9.17, 15) is 9.59 Å². The van der Waals surface area contributed by atoms with Gasteiger partial charge in [0, 0.05) is 17.5 Å². The molecule has 0 aliphatic rings. The number of phenols is 1. The van der Waals surface area contributed by atoms with Crippen LogP contribution in [0.4, 0.5) is 0 Å². The zero-order chi connectivity index (χ0) is 10.6. The number of hydrogen-bond donors (Lipinski definition) is 2. The maximum absolute atomic E-state index is 11.4. The molecule has 1 aromatic carbocycles. The summed E-state index contributed by atoms with van der Waals surface area (Å²) in [6.45, 7) is 0.248. The SMILES string of the molecule is NCCC(=O)c1ccc(O)cc1C=O. The number of hydrogen-bond acceptors (Lipinski definition) is 4. The van der Waals surface area contributed by atoms with Crippen LogP contribution in [0.5, 0.6) is 5.75 Å². The second kappa shape index (κ2) is 4.53. The third-order valence-electron chi connectivity index (χ3n) is 1.83. The van der Waals surface area contributed by atoms with Crippen molar-refractivity contribution in [2.45, 2.75) is 6.42 Å². The van der Waals surface area contributed by atoms with Gasteiger partial charge in [0.05, 0.1) is 0 Å². The van der Waals surface area contributed by atoms with Gasteiger partial charge in [0.25, 0.3) is 0 Å². The minimum absolute atomic E-state index is 0.0311. The second-order valence-electron chi connectivity index (χ2n) is 2.85. The Morgan fingerprint density at radius 1 is 1.50 bits per heavy atom. The number of carbonyl (C=O) groups excluding carboxylic acids is 2. The molecule has 3 N–H and O–H groups in total. The number of Topliss-reactive ketones (excluding diaryl/α,β-unsaturated/α-hetero) is 1. The molecule has 1 aromatic rings. The first kappa shape index (κ1) is 10.4. The molecule has 14 heavy (non-hydrogen) atoms. The lowest BCUT2D eigenvalue weighted by Gasteiger charge is -2.02. The third kappa shape index (κ3) is 2.17. The van der Waals surface area contributed by atoms with Crippen LogP contribution in [0.1, 0.15) is 27.1 Å². The highest BCUT2D eigenvalue weighted by molar-refractivity contribution is 6.03. The van der Waals surface area contributed by atoms with Gasteiger partial charge in [0.1, 0.15) is 5.75 Å². The van der Waals surface area contributed by atoms with Crippen LogP contribution in [0.15, 0.2) is 18.2 Å². The monoisotopic (exact) mass is 193 g/mol. The molecule has 0 amide bonds. The number of nitrogens with two attached hydrogens (primary N) is 1. The van der Waals surface area contributed by atoms with Gasteiger partial charge in [-0.1, -0.05) is 0 Å². The van der Waals surface area contributed by atoms with Gasteiger partial charge in [-0.05, 0) is 24.7 Å². The molecule has 0 radical (unpaired) electrons. The van der Waals surface area contributed by atoms with E-state index in [2.05, 4.69) is 0 Å². The number of ketones is 1. The summed E-state index contributed by atoms with van der Waals surface area (Å²) < 4.78 is 0. The normalized spacial score (nSPS) is 9.79. The number of benzene rings is 1. The number of carbonyl (C=O) groups is 2. The van der Waals surface area contributed by atoms with E-state index in [0.29, 0.717) is 11.8 Å². The van der Waals surface area contributed by atoms with E-state index in [4.69, 9.17) is 10.8 Å². The van der Waals surface area contributed by atoms with Crippen LogP contribution in [0.25, 0.3) is 0 Å². The van der Waals surface area contributed by atoms with Gasteiger partial charge in [0.15, 0.2) is 12.1 Å². The smallest absolute Gasteiger partial charge is 0.164 e. The van der Waals surface area contributed by atoms with E-state index in [-0.39, 0.29) is 30.1 Å². The molecule has 0 saturated heterocycles. The van der Waals surface area contributed by atoms with Crippen LogP contribution in [0.2, 0.25) is 0 Å². The quantitative estimate of drug-likeness (QED) is 0.545. The molecule has 0 unspecified atom stereocenters. The molecule has 4 heteroatoms. The Morgan fingerprint density at radius 2 is 2.21 bits per heavy atom. The predicted molar refractivity (Wildman–Crippen MR) is 51.5 cm³/mol. The van der Waals surface area contributed by atoms with Crippen LogP contribution < -0.4 is 5.73 Å². The average Bonchev–Trinajstić information content (AvgIpc) is 2.17. The highest BCUT2D eigenvalue weighted by atomic mass is 16.3. The Kier molecular flexibility index (Phi) is 3.36. The number of rotatable bonds is 4. The van der Waals surface area contributed by atoms with Gasteiger partial charge in [-0.15, -0.1) is 0 Å². The largest absolute Gasteiger partial charge is 0.508 e. The van der Waals surface area contributed by atoms with Gasteiger partial charge in [-0.2, -0.15) is 0 Å². The highest BCUT2D eigenvalue weighted by Crippen LogP contribution is 2.16. The van der Waals surface area contributed by atoms with E-state index in [1.54, 1.807) is 0 Å². The molecule has 1 rings (SSSR count). The van der Waals surface area contributed by atoms with E-state index in [1.807, 2.05) is 0 Å². The van der Waals surface area contributed by atoms with Gasteiger partial charge in [-0.3, -0.25) is 9.59 Å². The Balaban J connectivity index is 3.07. The van der Waals surface area contributed by atoms with Crippen molar-refractivity contribution < 1.29 is 14.7 Å². The number of aromatic hydroxyl groups is 1. The summed E-state index contributed by atoms with van der Waals surface area (Å²) in [7, 11) is 0. The lowest BCUT2D eigenvalue weighted by Crippen LogP contribution is -2.10. The summed E-state index contributed by atoms with van der Waals surface area (Å²) in [5.41, 5.74) is 5.74. The number of phenolic OH excluding ortho intramolecular Hbond substituents is 1. The van der Waals surface area contributed by atoms with Crippen molar-refractivity contribution in [3.8, 4) is 5.75 Å². The van der Waals surface area contributed by atoms with Gasteiger partial charge in [-0.25, -0.2) is 0 Å². The standard InChI is InChI=1S/C10H11NO3/c11-4-3-10(14)9-2-1-8(13)5-7(9)6-12/h1-2,5-6,13H,3-4,11H2. The zero-order valence-electron chi connectivity index (χ0n) is 7.56. The van der Waals surface area contributed by atoms with E-state index < -0.39 is 0 Å². The van der Waals surface area contributed by atoms with Crippen molar-refractivity contribution >= 4 is 12.1 Å². The fraction of sp³-hybridized carbons (Fsp3) is 0.200. The minimum Gasteiger partial charge on any atom is -0.508 e. The van der Waals surface area contributed by atoms with Gasteiger partial charge >= 0.3 is 0 Å². The van der Waals surface area contributed by atoms with E-state index in [0.717, 1.165) is 0 Å². The first-order valence-corrected chi connectivity index (χ1v) is 4.20. The molecule has 0 aliphatic heterocycles. The number of aldehydes is 1. The van der Waals surface area contributed by atoms with Crippen LogP contribution in [-0.4, -0.2) is 23.7 Å². The maximum atomic E-state index is 11.4. The Hall–Kier alpha value is -1.68. The minimum atomic E-state index is -0.186.